The van der Waals surface area contributed by atoms with Gasteiger partial charge in [-0.15, -0.1) is 0 Å². The summed E-state index contributed by atoms with van der Waals surface area (Å²) in [6, 6.07) is 13.4. The highest BCUT2D eigenvalue weighted by molar-refractivity contribution is 5.94. The average Bonchev–Trinajstić information content (AvgIpc) is 3.03. The smallest absolute Gasteiger partial charge is 0.254 e. The molecule has 0 atom stereocenters. The van der Waals surface area contributed by atoms with Gasteiger partial charge >= 0.3 is 0 Å². The second kappa shape index (κ2) is 8.61. The van der Waals surface area contributed by atoms with Crippen LogP contribution in [0.25, 0.3) is 11.2 Å². The van der Waals surface area contributed by atoms with E-state index in [0.717, 1.165) is 54.9 Å². The molecule has 0 saturated heterocycles. The molecule has 0 bridgehead atoms. The lowest BCUT2D eigenvalue weighted by atomic mass is 10.2. The molecule has 0 saturated carbocycles. The first-order valence-corrected chi connectivity index (χ1v) is 9.39. The zero-order chi connectivity index (χ0) is 18.4. The number of benzene rings is 1. The summed E-state index contributed by atoms with van der Waals surface area (Å²) in [5.74, 6) is 0.961. The van der Waals surface area contributed by atoms with Gasteiger partial charge in [-0.05, 0) is 37.1 Å². The molecule has 136 valence electrons. The first-order chi connectivity index (χ1) is 12.7. The van der Waals surface area contributed by atoms with E-state index >= 15 is 0 Å². The summed E-state index contributed by atoms with van der Waals surface area (Å²) >= 11 is 0. The van der Waals surface area contributed by atoms with Crippen LogP contribution in [0, 0.1) is 0 Å². The number of pyridine rings is 1. The minimum atomic E-state index is 0.0575. The maximum absolute atomic E-state index is 13.0. The van der Waals surface area contributed by atoms with E-state index in [4.69, 9.17) is 4.98 Å². The van der Waals surface area contributed by atoms with E-state index in [-0.39, 0.29) is 5.91 Å². The van der Waals surface area contributed by atoms with Gasteiger partial charge in [-0.1, -0.05) is 38.5 Å². The number of hydrogen-bond acceptors (Lipinski definition) is 3. The highest BCUT2D eigenvalue weighted by Crippen LogP contribution is 2.17. The van der Waals surface area contributed by atoms with Gasteiger partial charge in [0, 0.05) is 24.8 Å². The molecule has 2 heterocycles. The van der Waals surface area contributed by atoms with Crippen molar-refractivity contribution in [2.75, 3.05) is 6.54 Å². The number of carbonyl (C=O) groups excluding carboxylic acids is 1. The minimum absolute atomic E-state index is 0.0575. The number of fused-ring (bicyclic) bond motifs is 1. The predicted molar refractivity (Wildman–Crippen MR) is 104 cm³/mol. The molecule has 0 aliphatic heterocycles. The Morgan fingerprint density at radius 3 is 2.62 bits per heavy atom. The van der Waals surface area contributed by atoms with Gasteiger partial charge in [0.2, 0.25) is 0 Å². The van der Waals surface area contributed by atoms with E-state index in [0.29, 0.717) is 6.54 Å². The second-order valence-corrected chi connectivity index (χ2v) is 6.47. The molecule has 5 heteroatoms. The van der Waals surface area contributed by atoms with E-state index in [1.807, 2.05) is 47.4 Å². The lowest BCUT2D eigenvalue weighted by molar-refractivity contribution is 0.0735. The molecule has 2 aromatic heterocycles. The number of aryl methyl sites for hydroxylation is 1. The van der Waals surface area contributed by atoms with Crippen LogP contribution < -0.4 is 0 Å². The summed E-state index contributed by atoms with van der Waals surface area (Å²) in [5.41, 5.74) is 2.50. The SMILES string of the molecule is CCCCN(Cc1nc2cccnc2n1CCC)C(=O)c1ccccc1. The van der Waals surface area contributed by atoms with Crippen molar-refractivity contribution in [3.05, 3.63) is 60.0 Å². The average molecular weight is 350 g/mol. The Bertz CT molecular complexity index is 857. The Morgan fingerprint density at radius 2 is 1.88 bits per heavy atom. The van der Waals surface area contributed by atoms with Crippen LogP contribution in [0.1, 0.15) is 49.3 Å². The molecule has 1 amide bonds. The number of amides is 1. The fourth-order valence-electron chi connectivity index (χ4n) is 3.12. The third-order valence-corrected chi connectivity index (χ3v) is 4.45. The van der Waals surface area contributed by atoms with Crippen LogP contribution in [0.2, 0.25) is 0 Å². The highest BCUT2D eigenvalue weighted by atomic mass is 16.2. The van der Waals surface area contributed by atoms with Gasteiger partial charge in [0.25, 0.3) is 5.91 Å². The predicted octanol–water partition coefficient (Wildman–Crippen LogP) is 4.28. The zero-order valence-electron chi connectivity index (χ0n) is 15.6. The first-order valence-electron chi connectivity index (χ1n) is 9.39. The zero-order valence-corrected chi connectivity index (χ0v) is 15.6. The molecule has 3 rings (SSSR count). The topological polar surface area (TPSA) is 51.0 Å². The minimum Gasteiger partial charge on any atom is -0.331 e. The molecule has 26 heavy (non-hydrogen) atoms. The van der Waals surface area contributed by atoms with Crippen molar-refractivity contribution in [2.45, 2.75) is 46.2 Å². The maximum atomic E-state index is 13.0. The fourth-order valence-corrected chi connectivity index (χ4v) is 3.12. The largest absolute Gasteiger partial charge is 0.331 e. The van der Waals surface area contributed by atoms with E-state index in [1.165, 1.54) is 0 Å². The Hall–Kier alpha value is -2.69. The number of aromatic nitrogens is 3. The van der Waals surface area contributed by atoms with Crippen LogP contribution in [-0.2, 0) is 13.1 Å². The van der Waals surface area contributed by atoms with Gasteiger partial charge in [-0.25, -0.2) is 9.97 Å². The van der Waals surface area contributed by atoms with Gasteiger partial charge in [0.1, 0.15) is 11.3 Å². The highest BCUT2D eigenvalue weighted by Gasteiger charge is 2.19. The molecule has 0 spiro atoms. The molecule has 0 N–H and O–H groups in total. The van der Waals surface area contributed by atoms with Crippen LogP contribution in [0.4, 0.5) is 0 Å². The molecular weight excluding hydrogens is 324 g/mol. The van der Waals surface area contributed by atoms with Crippen LogP contribution >= 0.6 is 0 Å². The fraction of sp³-hybridized carbons (Fsp3) is 0.381. The lowest BCUT2D eigenvalue weighted by Crippen LogP contribution is -2.32. The number of unbranched alkanes of at least 4 members (excludes halogenated alkanes) is 1. The second-order valence-electron chi connectivity index (χ2n) is 6.47. The molecular formula is C21H26N4O. The number of imidazole rings is 1. The van der Waals surface area contributed by atoms with E-state index in [2.05, 4.69) is 23.4 Å². The van der Waals surface area contributed by atoms with Crippen LogP contribution in [0.3, 0.4) is 0 Å². The Morgan fingerprint density at radius 1 is 1.08 bits per heavy atom. The Kier molecular flexibility index (Phi) is 6.00. The summed E-state index contributed by atoms with van der Waals surface area (Å²) in [6.07, 6.45) is 4.82. The molecule has 5 nitrogen and oxygen atoms in total. The summed E-state index contributed by atoms with van der Waals surface area (Å²) in [5, 5.41) is 0. The van der Waals surface area contributed by atoms with Gasteiger partial charge in [0.15, 0.2) is 5.65 Å². The standard InChI is InChI=1S/C21H26N4O/c1-3-5-15-24(21(26)17-10-7-6-8-11-17)16-19-23-18-12-9-13-22-20(18)25(19)14-4-2/h6-13H,3-5,14-16H2,1-2H3. The van der Waals surface area contributed by atoms with E-state index < -0.39 is 0 Å². The van der Waals surface area contributed by atoms with Gasteiger partial charge in [-0.3, -0.25) is 4.79 Å². The number of nitrogens with zero attached hydrogens (tertiary/aromatic N) is 4. The lowest BCUT2D eigenvalue weighted by Gasteiger charge is -2.23. The molecule has 0 fully saturated rings. The third-order valence-electron chi connectivity index (χ3n) is 4.45. The summed E-state index contributed by atoms with van der Waals surface area (Å²) in [6.45, 7) is 6.37. The number of rotatable bonds is 8. The maximum Gasteiger partial charge on any atom is 0.254 e. The number of carbonyl (C=O) groups is 1. The third kappa shape index (κ3) is 3.93. The van der Waals surface area contributed by atoms with Crippen molar-refractivity contribution in [1.82, 2.24) is 19.4 Å². The van der Waals surface area contributed by atoms with E-state index in [1.54, 1.807) is 6.20 Å². The molecule has 0 radical (unpaired) electrons. The van der Waals surface area contributed by atoms with Crippen molar-refractivity contribution < 1.29 is 4.79 Å². The van der Waals surface area contributed by atoms with Gasteiger partial charge in [-0.2, -0.15) is 0 Å². The Balaban J connectivity index is 1.92. The van der Waals surface area contributed by atoms with Crippen LogP contribution in [0.15, 0.2) is 48.7 Å². The molecule has 0 aliphatic rings. The summed E-state index contributed by atoms with van der Waals surface area (Å²) < 4.78 is 2.15. The normalized spacial score (nSPS) is 11.0. The molecule has 1 aromatic carbocycles. The van der Waals surface area contributed by atoms with Crippen molar-refractivity contribution in [3.63, 3.8) is 0 Å². The van der Waals surface area contributed by atoms with E-state index in [9.17, 15) is 4.79 Å². The monoisotopic (exact) mass is 350 g/mol. The van der Waals surface area contributed by atoms with Crippen molar-refractivity contribution in [2.24, 2.45) is 0 Å². The quantitative estimate of drug-likeness (QED) is 0.609. The van der Waals surface area contributed by atoms with Gasteiger partial charge < -0.3 is 9.47 Å². The van der Waals surface area contributed by atoms with Crippen LogP contribution in [0.5, 0.6) is 0 Å². The van der Waals surface area contributed by atoms with Crippen molar-refractivity contribution in [3.8, 4) is 0 Å². The summed E-state index contributed by atoms with van der Waals surface area (Å²) in [4.78, 5) is 24.2. The molecule has 3 aromatic rings. The molecule has 0 unspecified atom stereocenters. The summed E-state index contributed by atoms with van der Waals surface area (Å²) in [7, 11) is 0. The van der Waals surface area contributed by atoms with Gasteiger partial charge in [0.05, 0.1) is 6.54 Å². The molecule has 0 aliphatic carbocycles. The Labute approximate surface area is 154 Å². The van der Waals surface area contributed by atoms with Crippen LogP contribution in [-0.4, -0.2) is 31.9 Å². The van der Waals surface area contributed by atoms with Crippen molar-refractivity contribution >= 4 is 17.1 Å². The van der Waals surface area contributed by atoms with Crippen molar-refractivity contribution in [1.29, 1.82) is 0 Å². The first kappa shape index (κ1) is 18.1. The number of hydrogen-bond donors (Lipinski definition) is 0.